The molecule has 1 N–H and O–H groups in total. The molecule has 8 heteroatoms. The van der Waals surface area contributed by atoms with Crippen molar-refractivity contribution in [2.75, 3.05) is 6.54 Å². The van der Waals surface area contributed by atoms with Crippen molar-refractivity contribution in [1.29, 1.82) is 0 Å². The molecule has 18 heavy (non-hydrogen) atoms. The molecule has 0 aliphatic carbocycles. The second-order valence-electron chi connectivity index (χ2n) is 4.34. The van der Waals surface area contributed by atoms with Gasteiger partial charge in [-0.05, 0) is 19.3 Å². The highest BCUT2D eigenvalue weighted by Gasteiger charge is 2.38. The van der Waals surface area contributed by atoms with E-state index in [0.717, 1.165) is 10.7 Å². The smallest absolute Gasteiger partial charge is 0.322 e. The van der Waals surface area contributed by atoms with Crippen LogP contribution < -0.4 is 0 Å². The van der Waals surface area contributed by atoms with Crippen LogP contribution in [0.1, 0.15) is 19.3 Å². The summed E-state index contributed by atoms with van der Waals surface area (Å²) in [5.74, 6) is -1.10. The zero-order chi connectivity index (χ0) is 13.3. The monoisotopic (exact) mass is 273 g/mol. The van der Waals surface area contributed by atoms with Gasteiger partial charge in [0, 0.05) is 19.8 Å². The first kappa shape index (κ1) is 13.0. The minimum Gasteiger partial charge on any atom is -0.480 e. The number of imidazole rings is 1. The second kappa shape index (κ2) is 4.69. The van der Waals surface area contributed by atoms with Gasteiger partial charge in [0.05, 0.1) is 6.33 Å². The SMILES string of the molecule is Cn1cnc(S(=O)(=O)N2CCCC[C@H]2C(=O)O)c1. The van der Waals surface area contributed by atoms with Crippen LogP contribution in [0.5, 0.6) is 0 Å². The first-order chi connectivity index (χ1) is 8.43. The number of carbonyl (C=O) groups is 1. The molecular formula is C10H15N3O4S. The van der Waals surface area contributed by atoms with Gasteiger partial charge in [-0.25, -0.2) is 13.4 Å². The van der Waals surface area contributed by atoms with E-state index < -0.39 is 22.0 Å². The molecule has 1 atom stereocenters. The van der Waals surface area contributed by atoms with Crippen LogP contribution in [0.15, 0.2) is 17.6 Å². The van der Waals surface area contributed by atoms with Crippen LogP contribution in [0.25, 0.3) is 0 Å². The van der Waals surface area contributed by atoms with E-state index >= 15 is 0 Å². The number of aryl methyl sites for hydroxylation is 1. The fourth-order valence-corrected chi connectivity index (χ4v) is 3.70. The Morgan fingerprint density at radius 3 is 2.78 bits per heavy atom. The zero-order valence-corrected chi connectivity index (χ0v) is 10.8. The molecule has 2 heterocycles. The van der Waals surface area contributed by atoms with Crippen LogP contribution in [0.3, 0.4) is 0 Å². The number of aliphatic carboxylic acids is 1. The van der Waals surface area contributed by atoms with Crippen LogP contribution in [-0.4, -0.2) is 45.9 Å². The van der Waals surface area contributed by atoms with Crippen molar-refractivity contribution in [3.8, 4) is 0 Å². The first-order valence-electron chi connectivity index (χ1n) is 5.65. The van der Waals surface area contributed by atoms with Crippen molar-refractivity contribution in [3.05, 3.63) is 12.5 Å². The highest BCUT2D eigenvalue weighted by Crippen LogP contribution is 2.24. The number of rotatable bonds is 3. The van der Waals surface area contributed by atoms with Crippen LogP contribution in [0.2, 0.25) is 0 Å². The Labute approximate surface area is 105 Å². The van der Waals surface area contributed by atoms with Gasteiger partial charge in [-0.3, -0.25) is 4.79 Å². The van der Waals surface area contributed by atoms with Crippen LogP contribution in [0, 0.1) is 0 Å². The largest absolute Gasteiger partial charge is 0.480 e. The third kappa shape index (κ3) is 2.25. The maximum absolute atomic E-state index is 12.3. The van der Waals surface area contributed by atoms with Gasteiger partial charge in [0.15, 0.2) is 5.03 Å². The molecule has 100 valence electrons. The average molecular weight is 273 g/mol. The van der Waals surface area contributed by atoms with Gasteiger partial charge in [-0.2, -0.15) is 4.31 Å². The van der Waals surface area contributed by atoms with Crippen molar-refractivity contribution in [1.82, 2.24) is 13.9 Å². The molecule has 7 nitrogen and oxygen atoms in total. The van der Waals surface area contributed by atoms with Crippen molar-refractivity contribution < 1.29 is 18.3 Å². The van der Waals surface area contributed by atoms with Gasteiger partial charge in [0.1, 0.15) is 6.04 Å². The van der Waals surface area contributed by atoms with Gasteiger partial charge in [-0.1, -0.05) is 0 Å². The normalized spacial score (nSPS) is 21.9. The number of aromatic nitrogens is 2. The van der Waals surface area contributed by atoms with Gasteiger partial charge in [0.2, 0.25) is 0 Å². The standard InChI is InChI=1S/C10H15N3O4S/c1-12-6-9(11-7-12)18(16,17)13-5-3-2-4-8(13)10(14)15/h6-8H,2-5H2,1H3,(H,14,15)/t8-/m0/s1. The Bertz CT molecular complexity index is 551. The van der Waals surface area contributed by atoms with E-state index in [9.17, 15) is 13.2 Å². The van der Waals surface area contributed by atoms with Crippen molar-refractivity contribution in [2.45, 2.75) is 30.3 Å². The van der Waals surface area contributed by atoms with Gasteiger partial charge in [-0.15, -0.1) is 0 Å². The minimum atomic E-state index is -3.81. The molecular weight excluding hydrogens is 258 g/mol. The van der Waals surface area contributed by atoms with Crippen LogP contribution in [-0.2, 0) is 21.9 Å². The lowest BCUT2D eigenvalue weighted by Gasteiger charge is -2.31. The summed E-state index contributed by atoms with van der Waals surface area (Å²) in [5.41, 5.74) is 0. The lowest BCUT2D eigenvalue weighted by molar-refractivity contribution is -0.142. The van der Waals surface area contributed by atoms with Crippen molar-refractivity contribution in [3.63, 3.8) is 0 Å². The quantitative estimate of drug-likeness (QED) is 0.840. The molecule has 1 aromatic heterocycles. The Hall–Kier alpha value is -1.41. The summed E-state index contributed by atoms with van der Waals surface area (Å²) in [4.78, 5) is 14.9. The first-order valence-corrected chi connectivity index (χ1v) is 7.09. The fraction of sp³-hybridized carbons (Fsp3) is 0.600. The molecule has 0 amide bonds. The van der Waals surface area contributed by atoms with E-state index in [4.69, 9.17) is 5.11 Å². The van der Waals surface area contributed by atoms with Crippen molar-refractivity contribution >= 4 is 16.0 Å². The number of piperidine rings is 1. The molecule has 1 aliphatic heterocycles. The Morgan fingerprint density at radius 2 is 2.22 bits per heavy atom. The lowest BCUT2D eigenvalue weighted by atomic mass is 10.1. The van der Waals surface area contributed by atoms with E-state index in [-0.39, 0.29) is 11.6 Å². The number of carboxylic acids is 1. The van der Waals surface area contributed by atoms with E-state index in [1.807, 2.05) is 0 Å². The Balaban J connectivity index is 2.36. The number of hydrogen-bond acceptors (Lipinski definition) is 4. The molecule has 1 aromatic rings. The third-order valence-electron chi connectivity index (χ3n) is 2.99. The molecule has 2 rings (SSSR count). The highest BCUT2D eigenvalue weighted by molar-refractivity contribution is 7.89. The molecule has 0 radical (unpaired) electrons. The summed E-state index contributed by atoms with van der Waals surface area (Å²) in [6, 6.07) is -0.981. The number of hydrogen-bond donors (Lipinski definition) is 1. The number of nitrogens with zero attached hydrogens (tertiary/aromatic N) is 3. The van der Waals surface area contributed by atoms with E-state index in [1.165, 1.54) is 17.1 Å². The van der Waals surface area contributed by atoms with Crippen LogP contribution in [0.4, 0.5) is 0 Å². The van der Waals surface area contributed by atoms with Gasteiger partial charge < -0.3 is 9.67 Å². The molecule has 0 unspecified atom stereocenters. The lowest BCUT2D eigenvalue weighted by Crippen LogP contribution is -2.47. The molecule has 1 aliphatic rings. The molecule has 1 saturated heterocycles. The Morgan fingerprint density at radius 1 is 1.50 bits per heavy atom. The summed E-state index contributed by atoms with van der Waals surface area (Å²) in [7, 11) is -2.15. The number of sulfonamides is 1. The summed E-state index contributed by atoms with van der Waals surface area (Å²) in [6.45, 7) is 0.232. The molecule has 0 bridgehead atoms. The molecule has 0 aromatic carbocycles. The molecule has 0 saturated carbocycles. The maximum atomic E-state index is 12.3. The summed E-state index contributed by atoms with van der Waals surface area (Å²) >= 11 is 0. The predicted molar refractivity (Wildman–Crippen MR) is 62.4 cm³/mol. The Kier molecular flexibility index (Phi) is 3.40. The van der Waals surface area contributed by atoms with Gasteiger partial charge in [0.25, 0.3) is 10.0 Å². The summed E-state index contributed by atoms with van der Waals surface area (Å²) in [5, 5.41) is 8.99. The van der Waals surface area contributed by atoms with Gasteiger partial charge >= 0.3 is 5.97 Å². The molecule has 1 fully saturated rings. The van der Waals surface area contributed by atoms with E-state index in [2.05, 4.69) is 4.98 Å². The average Bonchev–Trinajstić information content (AvgIpc) is 2.76. The second-order valence-corrected chi connectivity index (χ2v) is 6.18. The highest BCUT2D eigenvalue weighted by atomic mass is 32.2. The third-order valence-corrected chi connectivity index (χ3v) is 4.79. The van der Waals surface area contributed by atoms with Crippen molar-refractivity contribution in [2.24, 2.45) is 7.05 Å². The van der Waals surface area contributed by atoms with Crippen LogP contribution >= 0.6 is 0 Å². The predicted octanol–water partition coefficient (Wildman–Crippen LogP) is 0.0479. The fourth-order valence-electron chi connectivity index (χ4n) is 2.08. The minimum absolute atomic E-state index is 0.0989. The zero-order valence-electron chi connectivity index (χ0n) is 9.98. The topological polar surface area (TPSA) is 92.5 Å². The molecule has 0 spiro atoms. The summed E-state index contributed by atoms with van der Waals surface area (Å²) in [6.07, 6.45) is 4.51. The maximum Gasteiger partial charge on any atom is 0.322 e. The summed E-state index contributed by atoms with van der Waals surface area (Å²) < 4.78 is 27.2. The number of carboxylic acid groups (broad SMARTS) is 1. The van der Waals surface area contributed by atoms with E-state index in [0.29, 0.717) is 12.8 Å². The van der Waals surface area contributed by atoms with E-state index in [1.54, 1.807) is 7.05 Å².